The molecule has 5 rings (SSSR count). The Hall–Kier alpha value is -2.44. The van der Waals surface area contributed by atoms with Crippen LogP contribution < -0.4 is 14.2 Å². The lowest BCUT2D eigenvalue weighted by atomic mass is 9.76. The molecule has 0 saturated heterocycles. The summed E-state index contributed by atoms with van der Waals surface area (Å²) in [5.74, 6) is 2.05. The lowest BCUT2D eigenvalue weighted by Crippen LogP contribution is -2.48. The zero-order chi connectivity index (χ0) is 17.3. The summed E-state index contributed by atoms with van der Waals surface area (Å²) in [6.45, 7) is 0.688. The Morgan fingerprint density at radius 3 is 2.84 bits per heavy atom. The molecule has 0 unspecified atom stereocenters. The maximum Gasteiger partial charge on any atom is 0.231 e. The highest BCUT2D eigenvalue weighted by Crippen LogP contribution is 2.57. The molecule has 2 aromatic rings. The Bertz CT molecular complexity index is 905. The summed E-state index contributed by atoms with van der Waals surface area (Å²) in [5.41, 5.74) is 4.58. The fraction of sp³-hybridized carbons (Fsp3) is 0.368. The van der Waals surface area contributed by atoms with Gasteiger partial charge in [0.25, 0.3) is 0 Å². The van der Waals surface area contributed by atoms with Crippen molar-refractivity contribution in [1.29, 1.82) is 0 Å². The van der Waals surface area contributed by atoms with E-state index in [0.717, 1.165) is 27.8 Å². The molecular formula is C19H19NO5. The Morgan fingerprint density at radius 1 is 1.20 bits per heavy atom. The van der Waals surface area contributed by atoms with Crippen molar-refractivity contribution in [2.24, 2.45) is 0 Å². The lowest BCUT2D eigenvalue weighted by Gasteiger charge is -2.51. The molecule has 0 aromatic heterocycles. The molecule has 0 bridgehead atoms. The second-order valence-electron chi connectivity index (χ2n) is 7.11. The molecule has 2 aliphatic heterocycles. The number of nitrogens with zero attached hydrogens (tertiary/aromatic N) is 1. The van der Waals surface area contributed by atoms with E-state index in [2.05, 4.69) is 0 Å². The van der Waals surface area contributed by atoms with Crippen molar-refractivity contribution in [2.75, 3.05) is 27.5 Å². The van der Waals surface area contributed by atoms with E-state index in [9.17, 15) is 10.3 Å². The van der Waals surface area contributed by atoms with Crippen molar-refractivity contribution in [3.05, 3.63) is 40.1 Å². The van der Waals surface area contributed by atoms with Gasteiger partial charge in [-0.2, -0.15) is 0 Å². The van der Waals surface area contributed by atoms with Gasteiger partial charge in [-0.25, -0.2) is 0 Å². The van der Waals surface area contributed by atoms with E-state index in [1.165, 1.54) is 0 Å². The zero-order valence-electron chi connectivity index (χ0n) is 14.2. The van der Waals surface area contributed by atoms with Crippen LogP contribution in [0.1, 0.15) is 22.7 Å². The van der Waals surface area contributed by atoms with Crippen LogP contribution in [-0.4, -0.2) is 37.2 Å². The fourth-order valence-corrected chi connectivity index (χ4v) is 4.44. The van der Waals surface area contributed by atoms with Gasteiger partial charge >= 0.3 is 0 Å². The normalized spacial score (nSPS) is 25.3. The minimum atomic E-state index is -0.322. The highest BCUT2D eigenvalue weighted by Gasteiger charge is 2.43. The number of phenols is 1. The smallest absolute Gasteiger partial charge is 0.231 e. The molecule has 0 radical (unpaired) electrons. The first-order chi connectivity index (χ1) is 12.0. The zero-order valence-corrected chi connectivity index (χ0v) is 14.2. The summed E-state index contributed by atoms with van der Waals surface area (Å²) < 4.78 is 16.3. The molecule has 0 saturated carbocycles. The summed E-state index contributed by atoms with van der Waals surface area (Å²) in [6.07, 6.45) is 1.27. The third-order valence-corrected chi connectivity index (χ3v) is 5.68. The number of ether oxygens (including phenoxy) is 3. The van der Waals surface area contributed by atoms with Crippen molar-refractivity contribution in [3.63, 3.8) is 0 Å². The number of phenolic OH excluding ortho intramolecular Hbond substituents is 1. The average molecular weight is 341 g/mol. The molecule has 1 aliphatic carbocycles. The van der Waals surface area contributed by atoms with Crippen LogP contribution in [0.3, 0.4) is 0 Å². The number of hydroxylamine groups is 3. The first-order valence-electron chi connectivity index (χ1n) is 8.41. The van der Waals surface area contributed by atoms with Gasteiger partial charge in [0.1, 0.15) is 17.5 Å². The van der Waals surface area contributed by atoms with Crippen molar-refractivity contribution < 1.29 is 24.0 Å². The maximum atomic E-state index is 13.2. The molecule has 2 aromatic carbocycles. The van der Waals surface area contributed by atoms with Gasteiger partial charge in [-0.15, -0.1) is 0 Å². The van der Waals surface area contributed by atoms with E-state index in [1.807, 2.05) is 12.1 Å². The largest absolute Gasteiger partial charge is 0.633 e. The highest BCUT2D eigenvalue weighted by molar-refractivity contribution is 5.87. The first kappa shape index (κ1) is 14.9. The molecule has 0 amide bonds. The Labute approximate surface area is 145 Å². The molecule has 3 aliphatic rings. The molecule has 6 heteroatoms. The second kappa shape index (κ2) is 4.80. The number of methoxy groups -OCH3 is 1. The number of hydrogen-bond acceptors (Lipinski definition) is 5. The fourth-order valence-electron chi connectivity index (χ4n) is 4.44. The minimum absolute atomic E-state index is 0.143. The standard InChI is InChI=1S/C19H19NO5/c1-20(22)4-3-10-7-15-19(25-9-24-15)18-16(10)13(20)6-11-5-12(23-2)8-14(21)17(11)18/h5,7-8,13,21H,3-4,6,9H2,1-2H3/t13-,20+/m1/s1. The Balaban J connectivity index is 1.87. The van der Waals surface area contributed by atoms with Gasteiger partial charge in [-0.05, 0) is 23.3 Å². The predicted molar refractivity (Wildman–Crippen MR) is 90.8 cm³/mol. The second-order valence-corrected chi connectivity index (χ2v) is 7.11. The monoisotopic (exact) mass is 341 g/mol. The van der Waals surface area contributed by atoms with E-state index in [1.54, 1.807) is 20.2 Å². The molecule has 2 atom stereocenters. The lowest BCUT2D eigenvalue weighted by molar-refractivity contribution is -0.894. The van der Waals surface area contributed by atoms with Gasteiger partial charge < -0.3 is 29.2 Å². The van der Waals surface area contributed by atoms with E-state index < -0.39 is 0 Å². The third kappa shape index (κ3) is 1.92. The molecule has 1 N–H and O–H groups in total. The average Bonchev–Trinajstić information content (AvgIpc) is 3.05. The molecule has 6 nitrogen and oxygen atoms in total. The SMILES string of the molecule is COc1cc(O)c2c(c1)C[C@@H]1c3c(cc4c(c3-2)OCO4)CC[N@+]1(C)[O-]. The van der Waals surface area contributed by atoms with Gasteiger partial charge in [0.05, 0.1) is 20.7 Å². The summed E-state index contributed by atoms with van der Waals surface area (Å²) in [7, 11) is 3.30. The van der Waals surface area contributed by atoms with Crippen LogP contribution in [0.5, 0.6) is 23.0 Å². The van der Waals surface area contributed by atoms with Crippen molar-refractivity contribution in [3.8, 4) is 34.1 Å². The molecule has 25 heavy (non-hydrogen) atoms. The number of fused-ring (bicyclic) bond motifs is 4. The number of likely N-dealkylation sites (N-methyl/N-ethyl adjacent to an activating group) is 1. The summed E-state index contributed by atoms with van der Waals surface area (Å²) in [6, 6.07) is 5.29. The molecule has 0 spiro atoms. The van der Waals surface area contributed by atoms with Crippen LogP contribution in [0.2, 0.25) is 0 Å². The number of aromatic hydroxyl groups is 1. The Morgan fingerprint density at radius 2 is 2.04 bits per heavy atom. The van der Waals surface area contributed by atoms with E-state index >= 15 is 0 Å². The van der Waals surface area contributed by atoms with Crippen molar-refractivity contribution >= 4 is 0 Å². The predicted octanol–water partition coefficient (Wildman–Crippen LogP) is 2.89. The molecule has 130 valence electrons. The third-order valence-electron chi connectivity index (χ3n) is 5.68. The maximum absolute atomic E-state index is 13.2. The number of benzene rings is 2. The van der Waals surface area contributed by atoms with Crippen LogP contribution in [-0.2, 0) is 12.8 Å². The van der Waals surface area contributed by atoms with Crippen LogP contribution >= 0.6 is 0 Å². The number of quaternary nitrogens is 1. The molecular weight excluding hydrogens is 322 g/mol. The van der Waals surface area contributed by atoms with Gasteiger partial charge in [-0.3, -0.25) is 0 Å². The summed E-state index contributed by atoms with van der Waals surface area (Å²) in [5, 5.41) is 23.8. The molecule has 0 fully saturated rings. The van der Waals surface area contributed by atoms with Crippen molar-refractivity contribution in [2.45, 2.75) is 18.9 Å². The highest BCUT2D eigenvalue weighted by atomic mass is 16.7. The van der Waals surface area contributed by atoms with Crippen LogP contribution in [0.25, 0.3) is 11.1 Å². The van der Waals surface area contributed by atoms with Gasteiger partial charge in [0.15, 0.2) is 11.5 Å². The molecule has 2 heterocycles. The van der Waals surface area contributed by atoms with E-state index in [-0.39, 0.29) is 23.2 Å². The topological polar surface area (TPSA) is 71.0 Å². The number of rotatable bonds is 1. The van der Waals surface area contributed by atoms with E-state index in [0.29, 0.717) is 36.6 Å². The Kier molecular flexibility index (Phi) is 2.86. The van der Waals surface area contributed by atoms with Gasteiger partial charge in [0, 0.05) is 35.6 Å². The summed E-state index contributed by atoms with van der Waals surface area (Å²) >= 11 is 0. The van der Waals surface area contributed by atoms with Gasteiger partial charge in [0.2, 0.25) is 6.79 Å². The van der Waals surface area contributed by atoms with Crippen molar-refractivity contribution in [1.82, 2.24) is 0 Å². The first-order valence-corrected chi connectivity index (χ1v) is 8.41. The van der Waals surface area contributed by atoms with Crippen LogP contribution in [0.4, 0.5) is 0 Å². The quantitative estimate of drug-likeness (QED) is 0.638. The minimum Gasteiger partial charge on any atom is -0.633 e. The van der Waals surface area contributed by atoms with Gasteiger partial charge in [-0.1, -0.05) is 0 Å². The van der Waals surface area contributed by atoms with Crippen LogP contribution in [0.15, 0.2) is 18.2 Å². The van der Waals surface area contributed by atoms with E-state index in [4.69, 9.17) is 14.2 Å². The number of hydrogen-bond donors (Lipinski definition) is 1. The summed E-state index contributed by atoms with van der Waals surface area (Å²) in [4.78, 5) is 0. The van der Waals surface area contributed by atoms with Crippen LogP contribution in [0, 0.1) is 5.21 Å².